The monoisotopic (exact) mass is 359 g/mol. The Morgan fingerprint density at radius 2 is 1.89 bits per heavy atom. The number of hydrogen-bond acceptors (Lipinski definition) is 4. The van der Waals surface area contributed by atoms with Crippen molar-refractivity contribution in [3.05, 3.63) is 81.7 Å². The molecule has 4 rings (SSSR count). The number of fused-ring (bicyclic) bond motifs is 2. The second-order valence-corrected chi connectivity index (χ2v) is 6.24. The Labute approximate surface area is 154 Å². The molecule has 2 N–H and O–H groups in total. The van der Waals surface area contributed by atoms with Crippen LogP contribution in [0.5, 0.6) is 0 Å². The van der Waals surface area contributed by atoms with E-state index in [4.69, 9.17) is 5.41 Å². The molecule has 7 heteroatoms. The summed E-state index contributed by atoms with van der Waals surface area (Å²) in [6.07, 6.45) is 1.63. The lowest BCUT2D eigenvalue weighted by atomic mass is 10.1. The fraction of sp³-hybridized carbons (Fsp3) is 0.100. The molecule has 3 aromatic heterocycles. The Balaban J connectivity index is 2.23. The fourth-order valence-electron chi connectivity index (χ4n) is 3.08. The van der Waals surface area contributed by atoms with Crippen LogP contribution in [-0.4, -0.2) is 26.9 Å². The van der Waals surface area contributed by atoms with E-state index in [1.54, 1.807) is 24.4 Å². The van der Waals surface area contributed by atoms with Crippen LogP contribution in [0.2, 0.25) is 0 Å². The summed E-state index contributed by atoms with van der Waals surface area (Å²) in [5.41, 5.74) is 2.33. The minimum absolute atomic E-state index is 0.0297. The van der Waals surface area contributed by atoms with Crippen LogP contribution in [0, 0.1) is 12.3 Å². The van der Waals surface area contributed by atoms with Crippen molar-refractivity contribution < 1.29 is 4.79 Å². The van der Waals surface area contributed by atoms with E-state index in [9.17, 15) is 9.59 Å². The molecule has 0 unspecified atom stereocenters. The molecule has 0 saturated carbocycles. The number of nitrogens with zero attached hydrogens (tertiary/aromatic N) is 3. The van der Waals surface area contributed by atoms with Gasteiger partial charge in [0.25, 0.3) is 11.5 Å². The van der Waals surface area contributed by atoms with Gasteiger partial charge in [0, 0.05) is 18.9 Å². The minimum Gasteiger partial charge on any atom is -0.355 e. The zero-order valence-electron chi connectivity index (χ0n) is 14.9. The molecule has 0 aliphatic carbocycles. The molecule has 0 spiro atoms. The lowest BCUT2D eigenvalue weighted by molar-refractivity contribution is 0.0961. The van der Waals surface area contributed by atoms with Gasteiger partial charge in [0.2, 0.25) is 0 Å². The van der Waals surface area contributed by atoms with Gasteiger partial charge in [0.1, 0.15) is 11.1 Å². The third kappa shape index (κ3) is 2.60. The van der Waals surface area contributed by atoms with E-state index in [-0.39, 0.29) is 22.0 Å². The number of aryl methyl sites for hydroxylation is 1. The maximum Gasteiger partial charge on any atom is 0.267 e. The summed E-state index contributed by atoms with van der Waals surface area (Å²) in [4.78, 5) is 29.9. The third-order valence-corrected chi connectivity index (χ3v) is 4.49. The highest BCUT2D eigenvalue weighted by atomic mass is 16.1. The summed E-state index contributed by atoms with van der Waals surface area (Å²) in [6.45, 7) is 1.97. The van der Waals surface area contributed by atoms with E-state index in [0.717, 1.165) is 5.56 Å². The Bertz CT molecular complexity index is 1320. The average Bonchev–Trinajstić information content (AvgIpc) is 2.68. The minimum atomic E-state index is -0.430. The van der Waals surface area contributed by atoms with Crippen LogP contribution in [0.4, 0.5) is 0 Å². The van der Waals surface area contributed by atoms with Crippen molar-refractivity contribution in [3.63, 3.8) is 0 Å². The van der Waals surface area contributed by atoms with Crippen molar-refractivity contribution in [3.8, 4) is 5.69 Å². The molecule has 0 fully saturated rings. The van der Waals surface area contributed by atoms with Crippen molar-refractivity contribution in [2.24, 2.45) is 0 Å². The Morgan fingerprint density at radius 3 is 2.59 bits per heavy atom. The Kier molecular flexibility index (Phi) is 3.84. The Hall–Kier alpha value is -3.74. The second kappa shape index (κ2) is 6.21. The molecule has 0 bridgehead atoms. The van der Waals surface area contributed by atoms with Gasteiger partial charge in [-0.3, -0.25) is 24.0 Å². The van der Waals surface area contributed by atoms with Gasteiger partial charge in [0.05, 0.1) is 10.9 Å². The number of pyridine rings is 2. The quantitative estimate of drug-likeness (QED) is 0.535. The lowest BCUT2D eigenvalue weighted by Gasteiger charge is -2.14. The van der Waals surface area contributed by atoms with Crippen LogP contribution >= 0.6 is 0 Å². The van der Waals surface area contributed by atoms with Crippen LogP contribution in [-0.2, 0) is 0 Å². The maximum atomic E-state index is 13.0. The van der Waals surface area contributed by atoms with Gasteiger partial charge in [-0.05, 0) is 37.3 Å². The van der Waals surface area contributed by atoms with Crippen LogP contribution in [0.15, 0.2) is 59.5 Å². The first kappa shape index (κ1) is 16.7. The molecule has 134 valence electrons. The SMILES string of the molecule is CNC(=O)c1cc2c(=O)n3ccccc3nc2n(-c2ccc(C)cc2)c1=N. The first-order valence-corrected chi connectivity index (χ1v) is 8.42. The zero-order chi connectivity index (χ0) is 19.1. The van der Waals surface area contributed by atoms with Crippen molar-refractivity contribution in [1.82, 2.24) is 19.3 Å². The average molecular weight is 359 g/mol. The molecule has 27 heavy (non-hydrogen) atoms. The molecule has 3 heterocycles. The molecule has 0 atom stereocenters. The van der Waals surface area contributed by atoms with Gasteiger partial charge in [-0.2, -0.15) is 0 Å². The molecule has 0 aliphatic rings. The number of hydrogen-bond donors (Lipinski definition) is 2. The first-order chi connectivity index (χ1) is 13.0. The van der Waals surface area contributed by atoms with Gasteiger partial charge in [0.15, 0.2) is 5.65 Å². The number of benzene rings is 1. The van der Waals surface area contributed by atoms with Gasteiger partial charge in [-0.15, -0.1) is 0 Å². The van der Waals surface area contributed by atoms with Crippen molar-refractivity contribution in [2.45, 2.75) is 6.92 Å². The molecule has 1 amide bonds. The zero-order valence-corrected chi connectivity index (χ0v) is 14.9. The summed E-state index contributed by atoms with van der Waals surface area (Å²) in [5, 5.41) is 11.4. The van der Waals surface area contributed by atoms with Crippen LogP contribution in [0.25, 0.3) is 22.4 Å². The lowest BCUT2D eigenvalue weighted by Crippen LogP contribution is -2.33. The van der Waals surface area contributed by atoms with Crippen LogP contribution in [0.1, 0.15) is 15.9 Å². The summed E-state index contributed by atoms with van der Waals surface area (Å²) in [7, 11) is 1.49. The van der Waals surface area contributed by atoms with Crippen molar-refractivity contribution in [1.29, 1.82) is 5.41 Å². The third-order valence-electron chi connectivity index (χ3n) is 4.49. The van der Waals surface area contributed by atoms with Gasteiger partial charge < -0.3 is 5.32 Å². The molecular formula is C20H17N5O2. The van der Waals surface area contributed by atoms with E-state index in [0.29, 0.717) is 17.0 Å². The predicted octanol–water partition coefficient (Wildman–Crippen LogP) is 1.79. The number of amides is 1. The van der Waals surface area contributed by atoms with Crippen LogP contribution in [0.3, 0.4) is 0 Å². The standard InChI is InChI=1S/C20H17N5O2/c1-12-6-8-13(9-7-12)25-17(21)14(19(26)22-2)11-15-18(25)23-16-5-3-4-10-24(16)20(15)27/h3-11,21H,1-2H3,(H,22,26). The number of nitrogens with one attached hydrogen (secondary N) is 2. The normalized spacial score (nSPS) is 11.0. The molecule has 0 radical (unpaired) electrons. The van der Waals surface area contributed by atoms with Gasteiger partial charge in [-0.1, -0.05) is 23.8 Å². The van der Waals surface area contributed by atoms with Gasteiger partial charge in [-0.25, -0.2) is 4.98 Å². The fourth-order valence-corrected chi connectivity index (χ4v) is 3.08. The number of carbonyl (C=O) groups is 1. The molecule has 0 aliphatic heterocycles. The summed E-state index contributed by atoms with van der Waals surface area (Å²) < 4.78 is 2.97. The summed E-state index contributed by atoms with van der Waals surface area (Å²) >= 11 is 0. The maximum absolute atomic E-state index is 13.0. The molecule has 1 aromatic carbocycles. The molecule has 7 nitrogen and oxygen atoms in total. The molecular weight excluding hydrogens is 342 g/mol. The highest BCUT2D eigenvalue weighted by Crippen LogP contribution is 2.16. The van der Waals surface area contributed by atoms with E-state index >= 15 is 0 Å². The smallest absolute Gasteiger partial charge is 0.267 e. The first-order valence-electron chi connectivity index (χ1n) is 8.42. The summed E-state index contributed by atoms with van der Waals surface area (Å²) in [6, 6.07) is 14.2. The Morgan fingerprint density at radius 1 is 1.15 bits per heavy atom. The number of carbonyl (C=O) groups excluding carboxylic acids is 1. The number of aromatic nitrogens is 3. The van der Waals surface area contributed by atoms with E-state index < -0.39 is 5.91 Å². The van der Waals surface area contributed by atoms with E-state index in [1.807, 2.05) is 31.2 Å². The topological polar surface area (TPSA) is 92.2 Å². The van der Waals surface area contributed by atoms with Gasteiger partial charge >= 0.3 is 0 Å². The van der Waals surface area contributed by atoms with E-state index in [1.165, 1.54) is 22.1 Å². The largest absolute Gasteiger partial charge is 0.355 e. The summed E-state index contributed by atoms with van der Waals surface area (Å²) in [5.74, 6) is -0.430. The highest BCUT2D eigenvalue weighted by molar-refractivity contribution is 5.97. The number of rotatable bonds is 2. The predicted molar refractivity (Wildman–Crippen MR) is 102 cm³/mol. The second-order valence-electron chi connectivity index (χ2n) is 6.24. The highest BCUT2D eigenvalue weighted by Gasteiger charge is 2.17. The molecule has 4 aromatic rings. The van der Waals surface area contributed by atoms with E-state index in [2.05, 4.69) is 10.3 Å². The van der Waals surface area contributed by atoms with Crippen molar-refractivity contribution in [2.75, 3.05) is 7.05 Å². The molecule has 0 saturated heterocycles. The van der Waals surface area contributed by atoms with Crippen LogP contribution < -0.4 is 16.4 Å². The van der Waals surface area contributed by atoms with Crippen molar-refractivity contribution >= 4 is 22.6 Å².